The largest absolute Gasteiger partial charge is 0.494 e. The summed E-state index contributed by atoms with van der Waals surface area (Å²) in [4.78, 5) is 12.2. The van der Waals surface area contributed by atoms with Gasteiger partial charge in [0.05, 0.1) is 39.0 Å². The SMILES string of the molecule is COc1cccc(-c2nnc(CS(=O)(=O)[C@@H](C)[C@H](OC)c3ncc(F)cn3)n2-c2c(OC)cccc2OC)n1. The van der Waals surface area contributed by atoms with Gasteiger partial charge in [-0.3, -0.25) is 4.57 Å². The van der Waals surface area contributed by atoms with Gasteiger partial charge in [0.1, 0.15) is 34.7 Å². The summed E-state index contributed by atoms with van der Waals surface area (Å²) in [5.41, 5.74) is 0.760. The lowest BCUT2D eigenvalue weighted by Gasteiger charge is -2.22. The van der Waals surface area contributed by atoms with Crippen molar-refractivity contribution in [1.29, 1.82) is 0 Å². The van der Waals surface area contributed by atoms with E-state index in [1.54, 1.807) is 36.4 Å². The predicted molar refractivity (Wildman–Crippen MR) is 138 cm³/mol. The van der Waals surface area contributed by atoms with Gasteiger partial charge in [-0.15, -0.1) is 10.2 Å². The summed E-state index contributed by atoms with van der Waals surface area (Å²) in [6.07, 6.45) is 0.837. The van der Waals surface area contributed by atoms with Gasteiger partial charge in [0, 0.05) is 13.2 Å². The van der Waals surface area contributed by atoms with E-state index in [1.807, 2.05) is 0 Å². The number of para-hydroxylation sites is 1. The van der Waals surface area contributed by atoms with Crippen LogP contribution in [-0.2, 0) is 20.3 Å². The maximum absolute atomic E-state index is 13.7. The summed E-state index contributed by atoms with van der Waals surface area (Å²) < 4.78 is 64.1. The van der Waals surface area contributed by atoms with E-state index in [2.05, 4.69) is 25.1 Å². The number of pyridine rings is 1. The van der Waals surface area contributed by atoms with Gasteiger partial charge in [-0.05, 0) is 25.1 Å². The molecule has 0 bridgehead atoms. The molecule has 3 heterocycles. The summed E-state index contributed by atoms with van der Waals surface area (Å²) >= 11 is 0. The molecule has 2 atom stereocenters. The number of sulfone groups is 1. The minimum Gasteiger partial charge on any atom is -0.494 e. The monoisotopic (exact) mass is 558 g/mol. The maximum Gasteiger partial charge on any atom is 0.213 e. The molecule has 0 saturated carbocycles. The fourth-order valence-corrected chi connectivity index (χ4v) is 5.41. The van der Waals surface area contributed by atoms with E-state index in [0.29, 0.717) is 28.8 Å². The minimum atomic E-state index is -3.98. The van der Waals surface area contributed by atoms with Crippen LogP contribution in [0.25, 0.3) is 17.2 Å². The first-order valence-electron chi connectivity index (χ1n) is 11.6. The molecule has 0 N–H and O–H groups in total. The summed E-state index contributed by atoms with van der Waals surface area (Å²) in [5.74, 6) is 0.246. The number of methoxy groups -OCH3 is 4. The maximum atomic E-state index is 13.7. The number of aromatic nitrogens is 6. The lowest BCUT2D eigenvalue weighted by Crippen LogP contribution is -2.30. The van der Waals surface area contributed by atoms with Crippen LogP contribution in [0.4, 0.5) is 4.39 Å². The van der Waals surface area contributed by atoms with Crippen LogP contribution in [0, 0.1) is 5.82 Å². The van der Waals surface area contributed by atoms with Crippen molar-refractivity contribution < 1.29 is 31.8 Å². The first-order valence-corrected chi connectivity index (χ1v) is 13.3. The lowest BCUT2D eigenvalue weighted by atomic mass is 10.2. The van der Waals surface area contributed by atoms with Gasteiger partial charge in [0.15, 0.2) is 33.1 Å². The van der Waals surface area contributed by atoms with Crippen LogP contribution in [0.15, 0.2) is 48.8 Å². The van der Waals surface area contributed by atoms with Crippen molar-refractivity contribution in [2.24, 2.45) is 0 Å². The van der Waals surface area contributed by atoms with Crippen molar-refractivity contribution in [2.75, 3.05) is 28.4 Å². The highest BCUT2D eigenvalue weighted by molar-refractivity contribution is 7.91. The topological polar surface area (TPSA) is 140 Å². The summed E-state index contributed by atoms with van der Waals surface area (Å²) in [5, 5.41) is 7.39. The van der Waals surface area contributed by atoms with Gasteiger partial charge in [0.25, 0.3) is 0 Å². The molecule has 1 aromatic carbocycles. The molecule has 0 amide bonds. The highest BCUT2D eigenvalue weighted by Crippen LogP contribution is 2.37. The Morgan fingerprint density at radius 3 is 2.15 bits per heavy atom. The van der Waals surface area contributed by atoms with Crippen LogP contribution in [0.3, 0.4) is 0 Å². The molecule has 0 aliphatic carbocycles. The molecule has 0 radical (unpaired) electrons. The predicted octanol–water partition coefficient (Wildman–Crippen LogP) is 2.98. The Kier molecular flexibility index (Phi) is 8.35. The van der Waals surface area contributed by atoms with Crippen LogP contribution in [0.2, 0.25) is 0 Å². The van der Waals surface area contributed by atoms with Gasteiger partial charge in [-0.25, -0.2) is 27.8 Å². The lowest BCUT2D eigenvalue weighted by molar-refractivity contribution is 0.0946. The van der Waals surface area contributed by atoms with Crippen molar-refractivity contribution in [3.05, 3.63) is 66.3 Å². The Bertz CT molecular complexity index is 1520. The molecule has 0 aliphatic heterocycles. The van der Waals surface area contributed by atoms with Gasteiger partial charge < -0.3 is 18.9 Å². The zero-order valence-corrected chi connectivity index (χ0v) is 22.7. The second-order valence-corrected chi connectivity index (χ2v) is 10.6. The average molecular weight is 559 g/mol. The number of nitrogens with zero attached hydrogens (tertiary/aromatic N) is 6. The van der Waals surface area contributed by atoms with E-state index in [0.717, 1.165) is 12.4 Å². The zero-order valence-electron chi connectivity index (χ0n) is 21.9. The Morgan fingerprint density at radius 2 is 1.56 bits per heavy atom. The van der Waals surface area contributed by atoms with Crippen molar-refractivity contribution in [3.63, 3.8) is 0 Å². The molecule has 3 aromatic heterocycles. The van der Waals surface area contributed by atoms with Crippen LogP contribution in [-0.4, -0.2) is 71.8 Å². The highest BCUT2D eigenvalue weighted by Gasteiger charge is 2.35. The smallest absolute Gasteiger partial charge is 0.213 e. The van der Waals surface area contributed by atoms with Crippen molar-refractivity contribution in [2.45, 2.75) is 24.0 Å². The number of hydrogen-bond donors (Lipinski definition) is 0. The van der Waals surface area contributed by atoms with E-state index in [4.69, 9.17) is 18.9 Å². The third-order valence-corrected chi connectivity index (χ3v) is 8.03. The van der Waals surface area contributed by atoms with Crippen molar-refractivity contribution in [3.8, 4) is 34.6 Å². The molecule has 0 fully saturated rings. The number of rotatable bonds is 11. The van der Waals surface area contributed by atoms with Crippen LogP contribution in [0.5, 0.6) is 17.4 Å². The normalized spacial score (nSPS) is 13.1. The molecule has 0 spiro atoms. The Hall–Kier alpha value is -4.17. The van der Waals surface area contributed by atoms with Crippen molar-refractivity contribution in [1.82, 2.24) is 29.7 Å². The fraction of sp³-hybridized carbons (Fsp3) is 0.320. The zero-order chi connectivity index (χ0) is 28.2. The van der Waals surface area contributed by atoms with Crippen LogP contribution in [0.1, 0.15) is 24.7 Å². The number of benzene rings is 1. The van der Waals surface area contributed by atoms with E-state index in [9.17, 15) is 12.8 Å². The third kappa shape index (κ3) is 5.66. The molecule has 14 heteroatoms. The molecular weight excluding hydrogens is 531 g/mol. The van der Waals surface area contributed by atoms with Crippen LogP contribution >= 0.6 is 0 Å². The second-order valence-electron chi connectivity index (χ2n) is 8.28. The van der Waals surface area contributed by atoms with Gasteiger partial charge in [-0.2, -0.15) is 0 Å². The van der Waals surface area contributed by atoms with Crippen molar-refractivity contribution >= 4 is 9.84 Å². The number of halogens is 1. The minimum absolute atomic E-state index is 0.0316. The third-order valence-electron chi connectivity index (χ3n) is 5.99. The Balaban J connectivity index is 1.85. The van der Waals surface area contributed by atoms with Crippen LogP contribution < -0.4 is 14.2 Å². The Morgan fingerprint density at radius 1 is 0.923 bits per heavy atom. The van der Waals surface area contributed by atoms with E-state index < -0.39 is 32.8 Å². The molecular formula is C25H27FN6O6S. The molecule has 0 unspecified atom stereocenters. The molecule has 0 aliphatic rings. The average Bonchev–Trinajstić information content (AvgIpc) is 3.35. The van der Waals surface area contributed by atoms with E-state index in [1.165, 1.54) is 39.9 Å². The summed E-state index contributed by atoms with van der Waals surface area (Å²) in [6, 6.07) is 10.2. The molecule has 4 rings (SSSR count). The van der Waals surface area contributed by atoms with Gasteiger partial charge >= 0.3 is 0 Å². The van der Waals surface area contributed by atoms with Gasteiger partial charge in [-0.1, -0.05) is 12.1 Å². The van der Waals surface area contributed by atoms with E-state index in [-0.39, 0.29) is 17.5 Å². The Labute approximate surface area is 224 Å². The fourth-order valence-electron chi connectivity index (χ4n) is 3.99. The molecule has 206 valence electrons. The molecule has 12 nitrogen and oxygen atoms in total. The number of ether oxygens (including phenoxy) is 4. The highest BCUT2D eigenvalue weighted by atomic mass is 32.2. The van der Waals surface area contributed by atoms with E-state index >= 15 is 0 Å². The molecule has 39 heavy (non-hydrogen) atoms. The first kappa shape index (κ1) is 27.9. The molecule has 0 saturated heterocycles. The standard InChI is InChI=1S/C25H27FN6O6S/c1-15(23(38-5)24-27-12-16(26)13-28-24)39(33,34)14-20-30-31-25(17-8-6-11-21(29-17)37-4)32(20)22-18(35-2)9-7-10-19(22)36-3/h6-13,15,23H,14H2,1-5H3/t15-,23-/m0/s1. The summed E-state index contributed by atoms with van der Waals surface area (Å²) in [7, 11) is 1.80. The quantitative estimate of drug-likeness (QED) is 0.268. The summed E-state index contributed by atoms with van der Waals surface area (Å²) in [6.45, 7) is 1.46. The molecule has 4 aromatic rings. The second kappa shape index (κ2) is 11.7. The first-order chi connectivity index (χ1) is 18.7. The number of hydrogen-bond acceptors (Lipinski definition) is 11. The van der Waals surface area contributed by atoms with Gasteiger partial charge in [0.2, 0.25) is 5.88 Å².